The smallest absolute Gasteiger partial charge is 0.337 e. The number of hydrogen-bond donors (Lipinski definition) is 1. The van der Waals surface area contributed by atoms with Crippen LogP contribution >= 0.6 is 0 Å². The molecule has 1 aromatic rings. The van der Waals surface area contributed by atoms with Gasteiger partial charge in [0.15, 0.2) is 0 Å². The van der Waals surface area contributed by atoms with Crippen molar-refractivity contribution in [1.82, 2.24) is 4.98 Å². The Kier molecular flexibility index (Phi) is 4.58. The summed E-state index contributed by atoms with van der Waals surface area (Å²) in [6.45, 7) is 0. The van der Waals surface area contributed by atoms with E-state index in [1.54, 1.807) is 6.07 Å². The van der Waals surface area contributed by atoms with E-state index in [0.717, 1.165) is 0 Å². The summed E-state index contributed by atoms with van der Waals surface area (Å²) < 4.78 is 0. The van der Waals surface area contributed by atoms with Gasteiger partial charge in [0.05, 0.1) is 5.56 Å². The third kappa shape index (κ3) is 2.63. The van der Waals surface area contributed by atoms with E-state index in [4.69, 9.17) is 5.11 Å². The Morgan fingerprint density at radius 1 is 1.60 bits per heavy atom. The van der Waals surface area contributed by atoms with Crippen LogP contribution in [0.15, 0.2) is 24.5 Å². The fourth-order valence-electron chi connectivity index (χ4n) is 0.489. The van der Waals surface area contributed by atoms with E-state index in [2.05, 4.69) is 4.98 Å². The number of hydrogen-bond acceptors (Lipinski definition) is 2. The van der Waals surface area contributed by atoms with E-state index in [1.807, 2.05) is 0 Å². The number of rotatable bonds is 1. The molecule has 0 radical (unpaired) electrons. The van der Waals surface area contributed by atoms with Crippen LogP contribution in [0.3, 0.4) is 0 Å². The van der Waals surface area contributed by atoms with E-state index in [-0.39, 0.29) is 42.9 Å². The molecule has 58 valence electrons. The first kappa shape index (κ1) is 9.87. The molecule has 1 N–H and O–H groups in total. The molecule has 0 aliphatic heterocycles. The number of aromatic nitrogens is 1. The van der Waals surface area contributed by atoms with Crippen LogP contribution in [0, 0.1) is 37.3 Å². The van der Waals surface area contributed by atoms with Crippen molar-refractivity contribution in [3.63, 3.8) is 0 Å². The van der Waals surface area contributed by atoms with E-state index in [0.29, 0.717) is 0 Å². The third-order valence-electron chi connectivity index (χ3n) is 0.908. The number of carboxylic acid groups (broad SMARTS) is 1. The molecular weight excluding hydrogens is 285 g/mol. The van der Waals surface area contributed by atoms with E-state index in [1.165, 1.54) is 18.5 Å². The second-order valence-corrected chi connectivity index (χ2v) is 1.55. The van der Waals surface area contributed by atoms with Crippen molar-refractivity contribution < 1.29 is 47.2 Å². The summed E-state index contributed by atoms with van der Waals surface area (Å²) in [6.07, 6.45) is 2.84. The van der Waals surface area contributed by atoms with Crippen LogP contribution in [0.5, 0.6) is 0 Å². The van der Waals surface area contributed by atoms with Crippen LogP contribution in [0.25, 0.3) is 0 Å². The van der Waals surface area contributed by atoms with Crippen LogP contribution in [-0.2, 0) is 0 Å². The Hall–Kier alpha value is -0.133. The fraction of sp³-hybridized carbons (Fsp3) is 0. The van der Waals surface area contributed by atoms with Gasteiger partial charge in [-0.25, -0.2) is 4.79 Å². The van der Waals surface area contributed by atoms with Crippen molar-refractivity contribution in [2.75, 3.05) is 0 Å². The molecule has 1 aromatic heterocycles. The number of aromatic carboxylic acids is 1. The van der Waals surface area contributed by atoms with Gasteiger partial charge in [-0.15, -0.1) is 0 Å². The predicted molar refractivity (Wildman–Crippen MR) is 31.2 cm³/mol. The molecule has 0 spiro atoms. The van der Waals surface area contributed by atoms with Crippen molar-refractivity contribution in [3.8, 4) is 0 Å². The molecule has 0 aliphatic rings. The summed E-state index contributed by atoms with van der Waals surface area (Å²) in [7, 11) is 0. The quantitative estimate of drug-likeness (QED) is 0.831. The van der Waals surface area contributed by atoms with Crippen LogP contribution in [0.2, 0.25) is 0 Å². The maximum Gasteiger partial charge on any atom is 0.337 e. The van der Waals surface area contributed by atoms with Crippen LogP contribution in [0.4, 0.5) is 0 Å². The van der Waals surface area contributed by atoms with Crippen LogP contribution in [-0.4, -0.2) is 16.1 Å². The van der Waals surface area contributed by atoms with Gasteiger partial charge in [-0.2, -0.15) is 0 Å². The first-order valence-electron chi connectivity index (χ1n) is 2.44. The Balaban J connectivity index is 0.000000810. The van der Waals surface area contributed by atoms with Crippen molar-refractivity contribution >= 4 is 5.97 Å². The maximum absolute atomic E-state index is 10.2. The molecule has 0 atom stereocenters. The van der Waals surface area contributed by atoms with Gasteiger partial charge >= 0.3 is 5.97 Å². The van der Waals surface area contributed by atoms with Crippen LogP contribution < -0.4 is 0 Å². The molecular formula is C6H5ErNO2. The maximum atomic E-state index is 10.2. The first-order chi connectivity index (χ1) is 4.30. The molecule has 1 rings (SSSR count). The number of carbonyl (C=O) groups is 1. The Bertz CT molecular complexity index is 212. The predicted octanol–water partition coefficient (Wildman–Crippen LogP) is 0.780. The van der Waals surface area contributed by atoms with Crippen molar-refractivity contribution in [2.45, 2.75) is 0 Å². The fourth-order valence-corrected chi connectivity index (χ4v) is 0.489. The van der Waals surface area contributed by atoms with Gasteiger partial charge in [0.2, 0.25) is 0 Å². The van der Waals surface area contributed by atoms with Gasteiger partial charge in [0.25, 0.3) is 0 Å². The van der Waals surface area contributed by atoms with Gasteiger partial charge in [0.1, 0.15) is 0 Å². The zero-order valence-corrected chi connectivity index (χ0v) is 6.75. The standard InChI is InChI=1S/C6H5NO2.Er/c8-6(9)5-2-1-3-7-4-5;/h1-4H,(H,8,9);. The third-order valence-corrected chi connectivity index (χ3v) is 0.908. The Morgan fingerprint density at radius 2 is 2.30 bits per heavy atom. The summed E-state index contributed by atoms with van der Waals surface area (Å²) in [5.74, 6) is -0.942. The molecule has 4 heteroatoms. The zero-order valence-electron chi connectivity index (χ0n) is 4.90. The Labute approximate surface area is 87.7 Å². The van der Waals surface area contributed by atoms with Gasteiger partial charge in [-0.05, 0) is 12.1 Å². The van der Waals surface area contributed by atoms with Crippen molar-refractivity contribution in [2.24, 2.45) is 0 Å². The molecule has 0 unspecified atom stereocenters. The van der Waals surface area contributed by atoms with Crippen molar-refractivity contribution in [1.29, 1.82) is 0 Å². The average Bonchev–Trinajstić information content (AvgIpc) is 1.90. The minimum Gasteiger partial charge on any atom is -0.478 e. The van der Waals surface area contributed by atoms with Crippen LogP contribution in [0.1, 0.15) is 10.4 Å². The summed E-state index contributed by atoms with van der Waals surface area (Å²) in [4.78, 5) is 13.8. The minimum absolute atomic E-state index is 0. The molecule has 0 saturated heterocycles. The van der Waals surface area contributed by atoms with Gasteiger partial charge in [0, 0.05) is 49.7 Å². The van der Waals surface area contributed by atoms with E-state index < -0.39 is 5.97 Å². The van der Waals surface area contributed by atoms with E-state index in [9.17, 15) is 4.79 Å². The van der Waals surface area contributed by atoms with E-state index >= 15 is 0 Å². The zero-order chi connectivity index (χ0) is 6.69. The number of carboxylic acids is 1. The molecule has 0 bridgehead atoms. The summed E-state index contributed by atoms with van der Waals surface area (Å²) in [5, 5.41) is 8.34. The molecule has 0 aromatic carbocycles. The largest absolute Gasteiger partial charge is 0.478 e. The second kappa shape index (κ2) is 4.65. The minimum atomic E-state index is -0.942. The van der Waals surface area contributed by atoms with Gasteiger partial charge in [-0.3, -0.25) is 4.98 Å². The molecule has 0 fully saturated rings. The summed E-state index contributed by atoms with van der Waals surface area (Å²) in [5.41, 5.74) is 0.220. The molecule has 0 saturated carbocycles. The molecule has 1 heterocycles. The second-order valence-electron chi connectivity index (χ2n) is 1.55. The van der Waals surface area contributed by atoms with Crippen molar-refractivity contribution in [3.05, 3.63) is 30.1 Å². The SMILES string of the molecule is O=C(O)c1cccnc1.[Er]. The molecule has 0 amide bonds. The average molecular weight is 290 g/mol. The molecule has 3 nitrogen and oxygen atoms in total. The normalized spacial score (nSPS) is 8.00. The monoisotopic (exact) mass is 289 g/mol. The van der Waals surface area contributed by atoms with Gasteiger partial charge in [-0.1, -0.05) is 0 Å². The molecule has 0 aliphatic carbocycles. The van der Waals surface area contributed by atoms with Gasteiger partial charge < -0.3 is 5.11 Å². The number of pyridine rings is 1. The summed E-state index contributed by atoms with van der Waals surface area (Å²) in [6, 6.07) is 3.08. The first-order valence-corrected chi connectivity index (χ1v) is 2.44. The summed E-state index contributed by atoms with van der Waals surface area (Å²) >= 11 is 0. The Morgan fingerprint density at radius 3 is 2.60 bits per heavy atom. The topological polar surface area (TPSA) is 50.2 Å². The molecule has 10 heavy (non-hydrogen) atoms. The number of nitrogens with zero attached hydrogens (tertiary/aromatic N) is 1.